The number of aryl methyl sites for hydroxylation is 1. The average Bonchev–Trinajstić information content (AvgIpc) is 3.45. The van der Waals surface area contributed by atoms with Crippen LogP contribution in [0.25, 0.3) is 11.3 Å². The molecule has 4 rings (SSSR count). The zero-order valence-corrected chi connectivity index (χ0v) is 17.4. The number of imidazole rings is 1. The molecule has 3 heterocycles. The van der Waals surface area contributed by atoms with Crippen molar-refractivity contribution >= 4 is 5.82 Å². The predicted octanol–water partition coefficient (Wildman–Crippen LogP) is 3.22. The van der Waals surface area contributed by atoms with Gasteiger partial charge in [-0.3, -0.25) is 0 Å². The molecule has 32 heavy (non-hydrogen) atoms. The molecule has 0 spiro atoms. The first kappa shape index (κ1) is 22.0. The van der Waals surface area contributed by atoms with Crippen molar-refractivity contribution in [3.63, 3.8) is 0 Å². The smallest absolute Gasteiger partial charge is 0.402 e. The largest absolute Gasteiger partial charge is 0.573 e. The summed E-state index contributed by atoms with van der Waals surface area (Å²) >= 11 is 0. The maximum Gasteiger partial charge on any atom is 0.573 e. The molecule has 0 aromatic carbocycles. The molecule has 8 nitrogen and oxygen atoms in total. The molecule has 2 aliphatic rings. The Labute approximate surface area is 183 Å². The van der Waals surface area contributed by atoms with Crippen molar-refractivity contribution in [1.29, 1.82) is 5.26 Å². The van der Waals surface area contributed by atoms with Gasteiger partial charge in [0, 0.05) is 49.7 Å². The molecule has 0 bridgehead atoms. The summed E-state index contributed by atoms with van der Waals surface area (Å²) in [4.78, 5) is 10.6. The topological polar surface area (TPSA) is 102 Å². The van der Waals surface area contributed by atoms with Crippen LogP contribution in [0.5, 0.6) is 5.75 Å². The predicted molar refractivity (Wildman–Crippen MR) is 109 cm³/mol. The molecule has 1 aliphatic carbocycles. The van der Waals surface area contributed by atoms with Gasteiger partial charge >= 0.3 is 6.36 Å². The lowest BCUT2D eigenvalue weighted by Gasteiger charge is -2.30. The Hall–Kier alpha value is -3.26. The second kappa shape index (κ2) is 8.35. The molecular formula is C21H23F3N6O2. The van der Waals surface area contributed by atoms with E-state index in [-0.39, 0.29) is 5.82 Å². The lowest BCUT2D eigenvalue weighted by atomic mass is 10.1. The van der Waals surface area contributed by atoms with E-state index in [1.807, 2.05) is 4.57 Å². The van der Waals surface area contributed by atoms with Crippen LogP contribution < -0.4 is 10.5 Å². The van der Waals surface area contributed by atoms with Gasteiger partial charge in [-0.05, 0) is 18.9 Å². The molecule has 0 amide bonds. The fourth-order valence-electron chi connectivity index (χ4n) is 3.71. The van der Waals surface area contributed by atoms with Gasteiger partial charge in [-0.15, -0.1) is 13.2 Å². The van der Waals surface area contributed by atoms with E-state index in [2.05, 4.69) is 32.3 Å². The molecule has 1 saturated carbocycles. The highest BCUT2D eigenvalue weighted by Crippen LogP contribution is 2.47. The van der Waals surface area contributed by atoms with Crippen molar-refractivity contribution in [2.45, 2.75) is 37.6 Å². The van der Waals surface area contributed by atoms with Gasteiger partial charge in [0.05, 0.1) is 25.0 Å². The number of morpholine rings is 1. The second-order valence-electron chi connectivity index (χ2n) is 7.91. The van der Waals surface area contributed by atoms with Crippen LogP contribution in [0.15, 0.2) is 30.7 Å². The number of anilines is 1. The highest BCUT2D eigenvalue weighted by Gasteiger charge is 2.49. The Balaban J connectivity index is 1.60. The summed E-state index contributed by atoms with van der Waals surface area (Å²) in [7, 11) is 0. The summed E-state index contributed by atoms with van der Waals surface area (Å²) in [5, 5.41) is 9.69. The number of hydrogen-bond donors (Lipinski definition) is 1. The monoisotopic (exact) mass is 448 g/mol. The Morgan fingerprint density at radius 3 is 2.69 bits per heavy atom. The molecule has 0 atom stereocenters. The lowest BCUT2D eigenvalue weighted by molar-refractivity contribution is -0.274. The number of alkyl halides is 3. The Morgan fingerprint density at radius 2 is 2.06 bits per heavy atom. The molecule has 2 N–H and O–H groups in total. The first-order chi connectivity index (χ1) is 15.2. The number of hydrogen-bond acceptors (Lipinski definition) is 7. The fourth-order valence-corrected chi connectivity index (χ4v) is 3.71. The SMILES string of the molecule is C=C(CCn1cc(-c2cnc(N)c(OC(F)(F)F)c2)nc1C1(C#N)CC1)N1CCOCC1. The van der Waals surface area contributed by atoms with Crippen LogP contribution in [0.4, 0.5) is 19.0 Å². The molecule has 2 aromatic rings. The van der Waals surface area contributed by atoms with Gasteiger partial charge in [0.25, 0.3) is 0 Å². The standard InChI is InChI=1S/C21H23F3N6O2/c1-14(29-6-8-31-9-7-29)2-5-30-12-16(28-19(30)20(13-25)3-4-20)15-10-17(18(26)27-11-15)32-21(22,23)24/h10-12H,1-9H2,(H2,26,27). The van der Waals surface area contributed by atoms with E-state index < -0.39 is 17.5 Å². The van der Waals surface area contributed by atoms with E-state index in [9.17, 15) is 18.4 Å². The normalized spacial score (nSPS) is 17.6. The highest BCUT2D eigenvalue weighted by molar-refractivity contribution is 5.64. The van der Waals surface area contributed by atoms with Crippen LogP contribution >= 0.6 is 0 Å². The van der Waals surface area contributed by atoms with E-state index in [0.29, 0.717) is 56.1 Å². The summed E-state index contributed by atoms with van der Waals surface area (Å²) in [6, 6.07) is 3.49. The highest BCUT2D eigenvalue weighted by atomic mass is 19.4. The zero-order chi connectivity index (χ0) is 22.9. The Morgan fingerprint density at radius 1 is 1.34 bits per heavy atom. The molecular weight excluding hydrogens is 425 g/mol. The second-order valence-corrected chi connectivity index (χ2v) is 7.91. The van der Waals surface area contributed by atoms with E-state index in [1.54, 1.807) is 6.20 Å². The number of allylic oxidation sites excluding steroid dienone is 1. The zero-order valence-electron chi connectivity index (χ0n) is 17.4. The van der Waals surface area contributed by atoms with Crippen molar-refractivity contribution in [2.75, 3.05) is 32.0 Å². The van der Waals surface area contributed by atoms with Crippen molar-refractivity contribution < 1.29 is 22.6 Å². The van der Waals surface area contributed by atoms with Crippen molar-refractivity contribution in [3.05, 3.63) is 36.6 Å². The number of halogens is 3. The Kier molecular flexibility index (Phi) is 5.73. The number of aromatic nitrogens is 3. The molecule has 2 fully saturated rings. The van der Waals surface area contributed by atoms with Crippen LogP contribution in [-0.2, 0) is 16.7 Å². The summed E-state index contributed by atoms with van der Waals surface area (Å²) in [5.74, 6) is -0.365. The third kappa shape index (κ3) is 4.65. The van der Waals surface area contributed by atoms with Crippen LogP contribution in [-0.4, -0.2) is 52.1 Å². The van der Waals surface area contributed by atoms with Gasteiger partial charge in [-0.1, -0.05) is 6.58 Å². The minimum absolute atomic E-state index is 0.319. The van der Waals surface area contributed by atoms with Crippen molar-refractivity contribution in [1.82, 2.24) is 19.4 Å². The number of nitrogens with zero attached hydrogens (tertiary/aromatic N) is 5. The number of nitriles is 1. The third-order valence-corrected chi connectivity index (χ3v) is 5.67. The van der Waals surface area contributed by atoms with Gasteiger partial charge in [-0.2, -0.15) is 5.26 Å². The van der Waals surface area contributed by atoms with E-state index in [4.69, 9.17) is 10.5 Å². The van der Waals surface area contributed by atoms with E-state index in [0.717, 1.165) is 24.9 Å². The van der Waals surface area contributed by atoms with Gasteiger partial charge in [0.15, 0.2) is 11.6 Å². The molecule has 0 unspecified atom stereocenters. The average molecular weight is 448 g/mol. The van der Waals surface area contributed by atoms with Crippen LogP contribution in [0.1, 0.15) is 25.1 Å². The van der Waals surface area contributed by atoms with Gasteiger partial charge in [0.1, 0.15) is 11.2 Å². The quantitative estimate of drug-likeness (QED) is 0.694. The Bertz CT molecular complexity index is 1050. The maximum absolute atomic E-state index is 12.7. The molecule has 11 heteroatoms. The third-order valence-electron chi connectivity index (χ3n) is 5.67. The van der Waals surface area contributed by atoms with Crippen molar-refractivity contribution in [2.24, 2.45) is 0 Å². The molecule has 0 radical (unpaired) electrons. The summed E-state index contributed by atoms with van der Waals surface area (Å²) in [5.41, 5.74) is 6.54. The van der Waals surface area contributed by atoms with E-state index in [1.165, 1.54) is 6.20 Å². The summed E-state index contributed by atoms with van der Waals surface area (Å²) in [6.45, 7) is 7.58. The number of nitrogens with two attached hydrogens (primary N) is 1. The van der Waals surface area contributed by atoms with Crippen LogP contribution in [0, 0.1) is 11.3 Å². The van der Waals surface area contributed by atoms with Gasteiger partial charge < -0.3 is 24.7 Å². The number of pyridine rings is 1. The lowest BCUT2D eigenvalue weighted by Crippen LogP contribution is -2.35. The van der Waals surface area contributed by atoms with Crippen LogP contribution in [0.2, 0.25) is 0 Å². The minimum Gasteiger partial charge on any atom is -0.402 e. The number of ether oxygens (including phenoxy) is 2. The van der Waals surface area contributed by atoms with Gasteiger partial charge in [-0.25, -0.2) is 9.97 Å². The number of nitrogen functional groups attached to an aromatic ring is 1. The molecule has 1 saturated heterocycles. The minimum atomic E-state index is -4.89. The molecule has 170 valence electrons. The molecule has 1 aliphatic heterocycles. The number of rotatable bonds is 7. The van der Waals surface area contributed by atoms with Crippen molar-refractivity contribution in [3.8, 4) is 23.1 Å². The fraction of sp³-hybridized carbons (Fsp3) is 0.476. The molecule has 2 aromatic heterocycles. The summed E-state index contributed by atoms with van der Waals surface area (Å²) < 4.78 is 49.3. The van der Waals surface area contributed by atoms with Gasteiger partial charge in [0.2, 0.25) is 0 Å². The first-order valence-electron chi connectivity index (χ1n) is 10.2. The maximum atomic E-state index is 12.7. The first-order valence-corrected chi connectivity index (χ1v) is 10.2. The van der Waals surface area contributed by atoms with E-state index >= 15 is 0 Å². The summed E-state index contributed by atoms with van der Waals surface area (Å²) in [6.07, 6.45) is 0.196. The van der Waals surface area contributed by atoms with Crippen LogP contribution in [0.3, 0.4) is 0 Å².